The van der Waals surface area contributed by atoms with Crippen LogP contribution in [0.3, 0.4) is 0 Å². The molecule has 2 aromatic heterocycles. The molecule has 5 aromatic rings. The molecule has 0 amide bonds. The fraction of sp³-hybridized carbons (Fsp3) is 0.219. The van der Waals surface area contributed by atoms with E-state index in [1.54, 1.807) is 12.1 Å². The number of anilines is 1. The highest BCUT2D eigenvalue weighted by Gasteiger charge is 2.18. The second-order valence-corrected chi connectivity index (χ2v) is 10.3. The van der Waals surface area contributed by atoms with Crippen molar-refractivity contribution in [1.29, 1.82) is 0 Å². The zero-order valence-corrected chi connectivity index (χ0v) is 22.6. The van der Waals surface area contributed by atoms with E-state index < -0.39 is 0 Å². The molecule has 7 nitrogen and oxygen atoms in total. The number of aromatic amines is 1. The van der Waals surface area contributed by atoms with Gasteiger partial charge in [-0.2, -0.15) is 5.21 Å². The summed E-state index contributed by atoms with van der Waals surface area (Å²) in [5, 5.41) is 14.6. The molecule has 0 aliphatic rings. The highest BCUT2D eigenvalue weighted by atomic mass is 19.1. The Morgan fingerprint density at radius 1 is 0.850 bits per heavy atom. The third-order valence-corrected chi connectivity index (χ3v) is 6.50. The number of pyridine rings is 1. The van der Waals surface area contributed by atoms with E-state index in [-0.39, 0.29) is 24.4 Å². The summed E-state index contributed by atoms with van der Waals surface area (Å²) in [6.45, 7) is 5.84. The number of nitrogens with zero attached hydrogens (tertiary/aromatic N) is 5. The topological polar surface area (TPSA) is 87.7 Å². The number of halogens is 1. The first-order valence-corrected chi connectivity index (χ1v) is 13.3. The molecule has 2 heterocycles. The molecule has 202 valence electrons. The van der Waals surface area contributed by atoms with Gasteiger partial charge in [-0.3, -0.25) is 4.79 Å². The van der Waals surface area contributed by atoms with Gasteiger partial charge < -0.3 is 4.90 Å². The fourth-order valence-electron chi connectivity index (χ4n) is 4.75. The van der Waals surface area contributed by atoms with Crippen molar-refractivity contribution in [3.63, 3.8) is 0 Å². The van der Waals surface area contributed by atoms with Crippen LogP contribution in [0.4, 0.5) is 10.2 Å². The third kappa shape index (κ3) is 6.83. The zero-order valence-electron chi connectivity index (χ0n) is 22.6. The van der Waals surface area contributed by atoms with E-state index in [4.69, 9.17) is 4.98 Å². The molecule has 0 atom stereocenters. The maximum absolute atomic E-state index is 13.4. The first kappa shape index (κ1) is 26.9. The molecule has 0 unspecified atom stereocenters. The van der Waals surface area contributed by atoms with Crippen molar-refractivity contribution >= 4 is 11.6 Å². The quantitative estimate of drug-likeness (QED) is 0.221. The summed E-state index contributed by atoms with van der Waals surface area (Å²) in [5.74, 6) is 1.38. The van der Waals surface area contributed by atoms with Gasteiger partial charge in [-0.15, -0.1) is 10.2 Å². The van der Waals surface area contributed by atoms with Crippen molar-refractivity contribution in [1.82, 2.24) is 25.6 Å². The van der Waals surface area contributed by atoms with Crippen molar-refractivity contribution in [2.45, 2.75) is 33.2 Å². The van der Waals surface area contributed by atoms with Crippen LogP contribution >= 0.6 is 0 Å². The zero-order chi connectivity index (χ0) is 27.9. The molecule has 0 radical (unpaired) electrons. The number of tetrazole rings is 1. The van der Waals surface area contributed by atoms with Crippen LogP contribution in [-0.2, 0) is 24.2 Å². The van der Waals surface area contributed by atoms with Gasteiger partial charge in [-0.1, -0.05) is 80.6 Å². The Balaban J connectivity index is 1.55. The minimum atomic E-state index is -0.316. The van der Waals surface area contributed by atoms with Crippen LogP contribution in [-0.4, -0.2) is 37.9 Å². The van der Waals surface area contributed by atoms with E-state index in [1.807, 2.05) is 54.6 Å². The van der Waals surface area contributed by atoms with E-state index in [1.165, 1.54) is 17.7 Å². The predicted octanol–water partition coefficient (Wildman–Crippen LogP) is 6.08. The van der Waals surface area contributed by atoms with Crippen LogP contribution in [0.15, 0.2) is 91.0 Å². The molecular weight excluding hydrogens is 503 g/mol. The lowest BCUT2D eigenvalue weighted by atomic mass is 9.98. The average molecular weight is 535 g/mol. The number of aromatic nitrogens is 5. The summed E-state index contributed by atoms with van der Waals surface area (Å²) in [7, 11) is 0. The van der Waals surface area contributed by atoms with Crippen LogP contribution in [0.2, 0.25) is 0 Å². The monoisotopic (exact) mass is 534 g/mol. The maximum Gasteiger partial charge on any atom is 0.205 e. The van der Waals surface area contributed by atoms with Crippen LogP contribution in [0.1, 0.15) is 30.5 Å². The third-order valence-electron chi connectivity index (χ3n) is 6.50. The summed E-state index contributed by atoms with van der Waals surface area (Å²) < 4.78 is 13.4. The predicted molar refractivity (Wildman–Crippen MR) is 154 cm³/mol. The number of rotatable bonds is 11. The smallest absolute Gasteiger partial charge is 0.205 e. The van der Waals surface area contributed by atoms with E-state index in [9.17, 15) is 9.18 Å². The Kier molecular flexibility index (Phi) is 8.35. The summed E-state index contributed by atoms with van der Waals surface area (Å²) in [4.78, 5) is 20.5. The highest BCUT2D eigenvalue weighted by Crippen LogP contribution is 2.31. The van der Waals surface area contributed by atoms with E-state index >= 15 is 0 Å². The second-order valence-electron chi connectivity index (χ2n) is 10.3. The van der Waals surface area contributed by atoms with Gasteiger partial charge in [0.15, 0.2) is 0 Å². The lowest BCUT2D eigenvalue weighted by Gasteiger charge is -2.27. The number of Topliss-reactive ketones (excluding diaryl/α,β-unsaturated/α-hetero) is 1. The first-order valence-electron chi connectivity index (χ1n) is 13.3. The molecule has 0 saturated heterocycles. The van der Waals surface area contributed by atoms with Gasteiger partial charge in [0.1, 0.15) is 17.4 Å². The van der Waals surface area contributed by atoms with Crippen LogP contribution in [0, 0.1) is 11.7 Å². The summed E-state index contributed by atoms with van der Waals surface area (Å²) in [5.41, 5.74) is 5.19. The molecule has 40 heavy (non-hydrogen) atoms. The SMILES string of the molecule is CC(C)CN(Cc1ccccc1)c1cc(CC(=O)Cc2ccc(F)cc2)cc(-c2ccccc2-c2nn[nH]n2)n1. The number of H-pyrrole nitrogens is 1. The Labute approximate surface area is 233 Å². The van der Waals surface area contributed by atoms with Gasteiger partial charge in [-0.25, -0.2) is 9.37 Å². The summed E-state index contributed by atoms with van der Waals surface area (Å²) >= 11 is 0. The summed E-state index contributed by atoms with van der Waals surface area (Å²) in [6.07, 6.45) is 0.456. The molecule has 5 rings (SSSR count). The normalized spacial score (nSPS) is 11.1. The van der Waals surface area contributed by atoms with E-state index in [0.29, 0.717) is 18.3 Å². The molecule has 0 saturated carbocycles. The standard InChI is InChI=1S/C32H31FN6O/c1-22(2)20-39(21-24-8-4-3-5-9-24)31-19-25(17-27(40)16-23-12-14-26(33)15-13-23)18-30(34-31)28-10-6-7-11-29(28)32-35-37-38-36-32/h3-15,18-19,22H,16-17,20-21H2,1-2H3,(H,35,36,37,38). The van der Waals surface area contributed by atoms with Crippen LogP contribution < -0.4 is 4.90 Å². The molecule has 0 bridgehead atoms. The molecule has 0 fully saturated rings. The molecule has 0 aliphatic carbocycles. The number of carbonyl (C=O) groups is 1. The van der Waals surface area contributed by atoms with E-state index in [0.717, 1.165) is 40.3 Å². The number of benzene rings is 3. The Morgan fingerprint density at radius 3 is 2.25 bits per heavy atom. The van der Waals surface area contributed by atoms with Crippen molar-refractivity contribution in [3.8, 4) is 22.6 Å². The minimum absolute atomic E-state index is 0.0413. The Hall–Kier alpha value is -4.72. The number of nitrogens with one attached hydrogen (secondary N) is 1. The Bertz CT molecular complexity index is 1550. The molecule has 1 N–H and O–H groups in total. The largest absolute Gasteiger partial charge is 0.352 e. The van der Waals surface area contributed by atoms with Crippen molar-refractivity contribution in [2.75, 3.05) is 11.4 Å². The number of carbonyl (C=O) groups excluding carboxylic acids is 1. The van der Waals surface area contributed by atoms with Gasteiger partial charge in [0.25, 0.3) is 0 Å². The van der Waals surface area contributed by atoms with Gasteiger partial charge in [0.2, 0.25) is 5.82 Å². The maximum atomic E-state index is 13.4. The highest BCUT2D eigenvalue weighted by molar-refractivity contribution is 5.84. The van der Waals surface area contributed by atoms with E-state index in [2.05, 4.69) is 51.5 Å². The van der Waals surface area contributed by atoms with Crippen molar-refractivity contribution in [3.05, 3.63) is 114 Å². The molecule has 8 heteroatoms. The lowest BCUT2D eigenvalue weighted by molar-refractivity contribution is -0.117. The second kappa shape index (κ2) is 12.4. The van der Waals surface area contributed by atoms with Crippen LogP contribution in [0.5, 0.6) is 0 Å². The molecular formula is C32H31FN6O. The number of hydrogen-bond acceptors (Lipinski definition) is 6. The van der Waals surface area contributed by atoms with Gasteiger partial charge in [0, 0.05) is 37.1 Å². The molecule has 0 aliphatic heterocycles. The van der Waals surface area contributed by atoms with Crippen molar-refractivity contribution in [2.24, 2.45) is 5.92 Å². The number of hydrogen-bond donors (Lipinski definition) is 1. The minimum Gasteiger partial charge on any atom is -0.352 e. The molecule has 0 spiro atoms. The van der Waals surface area contributed by atoms with Crippen molar-refractivity contribution < 1.29 is 9.18 Å². The first-order chi connectivity index (χ1) is 19.4. The van der Waals surface area contributed by atoms with Gasteiger partial charge in [0.05, 0.1) is 5.69 Å². The average Bonchev–Trinajstić information content (AvgIpc) is 3.49. The number of ketones is 1. The van der Waals surface area contributed by atoms with Gasteiger partial charge >= 0.3 is 0 Å². The fourth-order valence-corrected chi connectivity index (χ4v) is 4.75. The lowest BCUT2D eigenvalue weighted by Crippen LogP contribution is -2.28. The molecule has 3 aromatic carbocycles. The van der Waals surface area contributed by atoms with Crippen LogP contribution in [0.25, 0.3) is 22.6 Å². The Morgan fingerprint density at radius 2 is 1.55 bits per heavy atom. The summed E-state index contributed by atoms with van der Waals surface area (Å²) in [6, 6.07) is 28.1. The van der Waals surface area contributed by atoms with Gasteiger partial charge in [-0.05, 0) is 52.1 Å².